The fourth-order valence-corrected chi connectivity index (χ4v) is 2.84. The first kappa shape index (κ1) is 18.1. The van der Waals surface area contributed by atoms with Gasteiger partial charge in [-0.25, -0.2) is 0 Å². The summed E-state index contributed by atoms with van der Waals surface area (Å²) in [6.07, 6.45) is 8.51. The van der Waals surface area contributed by atoms with Crippen LogP contribution in [0.1, 0.15) is 35.7 Å². The van der Waals surface area contributed by atoms with Crippen molar-refractivity contribution in [1.82, 2.24) is 9.71 Å². The van der Waals surface area contributed by atoms with Gasteiger partial charge >= 0.3 is 0 Å². The van der Waals surface area contributed by atoms with Crippen LogP contribution in [0.15, 0.2) is 60.2 Å². The molecule has 0 aliphatic carbocycles. The molecule has 2 nitrogen and oxygen atoms in total. The molecule has 0 spiro atoms. The van der Waals surface area contributed by atoms with Crippen molar-refractivity contribution in [2.45, 2.75) is 31.7 Å². The number of hydrogen-bond acceptors (Lipinski definition) is 3. The van der Waals surface area contributed by atoms with Gasteiger partial charge in [0.05, 0.1) is 0 Å². The zero-order valence-electron chi connectivity index (χ0n) is 14.2. The summed E-state index contributed by atoms with van der Waals surface area (Å²) in [5, 5.41) is 0. The smallest absolute Gasteiger partial charge is 0.0448 e. The monoisotopic (exact) mass is 334 g/mol. The number of nitrogens with one attached hydrogen (secondary N) is 1. The number of aryl methyl sites for hydroxylation is 1. The molecule has 0 fully saturated rings. The van der Waals surface area contributed by atoms with E-state index in [0.29, 0.717) is 0 Å². The van der Waals surface area contributed by atoms with Crippen LogP contribution in [0, 0.1) is 18.8 Å². The summed E-state index contributed by atoms with van der Waals surface area (Å²) in [6, 6.07) is 10.3. The summed E-state index contributed by atoms with van der Waals surface area (Å²) in [6.45, 7) is 8.57. The Hall–Kier alpha value is -2.28. The number of nitrogens with zero attached hydrogens (tertiary/aromatic N) is 1. The highest BCUT2D eigenvalue weighted by Gasteiger charge is 2.04. The third-order valence-corrected chi connectivity index (χ3v) is 4.19. The fraction of sp³-hybridized carbons (Fsp3) is 0.190. The highest BCUT2D eigenvalue weighted by molar-refractivity contribution is 7.97. The topological polar surface area (TPSA) is 24.9 Å². The molecular formula is C21H22N2S. The van der Waals surface area contributed by atoms with Crippen molar-refractivity contribution in [3.8, 4) is 11.8 Å². The van der Waals surface area contributed by atoms with Crippen molar-refractivity contribution in [1.29, 1.82) is 0 Å². The second-order valence-electron chi connectivity index (χ2n) is 5.17. The average molecular weight is 334 g/mol. The molecule has 0 atom stereocenters. The molecular weight excluding hydrogens is 312 g/mol. The number of aromatic nitrogens is 1. The van der Waals surface area contributed by atoms with Crippen LogP contribution in [0.25, 0.3) is 6.08 Å². The molecule has 0 aliphatic rings. The number of allylic oxidation sites excluding steroid dienone is 2. The predicted molar refractivity (Wildman–Crippen MR) is 105 cm³/mol. The van der Waals surface area contributed by atoms with Gasteiger partial charge in [0, 0.05) is 40.9 Å². The normalized spacial score (nSPS) is 10.4. The molecule has 0 saturated heterocycles. The molecule has 2 aromatic rings. The van der Waals surface area contributed by atoms with Crippen molar-refractivity contribution in [3.63, 3.8) is 0 Å². The van der Waals surface area contributed by atoms with Gasteiger partial charge in [-0.2, -0.15) is 0 Å². The van der Waals surface area contributed by atoms with Gasteiger partial charge in [0.25, 0.3) is 0 Å². The van der Waals surface area contributed by atoms with Gasteiger partial charge in [0.15, 0.2) is 0 Å². The van der Waals surface area contributed by atoms with Crippen LogP contribution in [0.2, 0.25) is 0 Å². The Morgan fingerprint density at radius 2 is 2.04 bits per heavy atom. The van der Waals surface area contributed by atoms with Gasteiger partial charge < -0.3 is 0 Å². The Morgan fingerprint density at radius 3 is 2.75 bits per heavy atom. The third-order valence-electron chi connectivity index (χ3n) is 3.40. The summed E-state index contributed by atoms with van der Waals surface area (Å²) in [7, 11) is 0. The minimum Gasteiger partial charge on any atom is -0.261 e. The Morgan fingerprint density at radius 1 is 1.25 bits per heavy atom. The molecule has 3 heteroatoms. The molecule has 2 rings (SSSR count). The molecule has 0 unspecified atom stereocenters. The van der Waals surface area contributed by atoms with Gasteiger partial charge in [0.2, 0.25) is 0 Å². The lowest BCUT2D eigenvalue weighted by molar-refractivity contribution is 0.957. The van der Waals surface area contributed by atoms with Gasteiger partial charge in [-0.05, 0) is 54.8 Å². The van der Waals surface area contributed by atoms with E-state index < -0.39 is 0 Å². The van der Waals surface area contributed by atoms with E-state index in [9.17, 15) is 0 Å². The van der Waals surface area contributed by atoms with Crippen LogP contribution < -0.4 is 4.72 Å². The van der Waals surface area contributed by atoms with Crippen molar-refractivity contribution in [3.05, 3.63) is 77.6 Å². The molecule has 0 saturated carbocycles. The second kappa shape index (κ2) is 9.77. The molecule has 1 aromatic carbocycles. The largest absolute Gasteiger partial charge is 0.261 e. The molecule has 1 heterocycles. The van der Waals surface area contributed by atoms with E-state index in [4.69, 9.17) is 0 Å². The lowest BCUT2D eigenvalue weighted by atomic mass is 10.1. The molecule has 0 bridgehead atoms. The summed E-state index contributed by atoms with van der Waals surface area (Å²) >= 11 is 1.62. The molecule has 0 aliphatic heterocycles. The minimum atomic E-state index is 0.766. The van der Waals surface area contributed by atoms with Gasteiger partial charge in [-0.3, -0.25) is 9.71 Å². The van der Waals surface area contributed by atoms with Gasteiger partial charge in [-0.15, -0.1) is 0 Å². The van der Waals surface area contributed by atoms with Crippen molar-refractivity contribution in [2.75, 3.05) is 0 Å². The van der Waals surface area contributed by atoms with Crippen LogP contribution in [0.3, 0.4) is 0 Å². The number of pyridine rings is 1. The SMILES string of the molecule is C=C/C=C\c1c(CNSc2ccc(C#CCC)cc2)ccnc1C. The summed E-state index contributed by atoms with van der Waals surface area (Å²) < 4.78 is 3.42. The number of hydrogen-bond donors (Lipinski definition) is 1. The van der Waals surface area contributed by atoms with Gasteiger partial charge in [0.1, 0.15) is 0 Å². The molecule has 0 amide bonds. The van der Waals surface area contributed by atoms with E-state index in [0.717, 1.165) is 29.8 Å². The van der Waals surface area contributed by atoms with Crippen molar-refractivity contribution >= 4 is 18.0 Å². The minimum absolute atomic E-state index is 0.766. The van der Waals surface area contributed by atoms with Gasteiger partial charge in [-0.1, -0.05) is 43.6 Å². The van der Waals surface area contributed by atoms with E-state index in [-0.39, 0.29) is 0 Å². The van der Waals surface area contributed by atoms with Crippen molar-refractivity contribution in [2.24, 2.45) is 0 Å². The first-order chi connectivity index (χ1) is 11.7. The molecule has 0 radical (unpaired) electrons. The van der Waals surface area contributed by atoms with E-state index in [2.05, 4.69) is 65.4 Å². The summed E-state index contributed by atoms with van der Waals surface area (Å²) in [5.41, 5.74) is 4.45. The quantitative estimate of drug-likeness (QED) is 0.449. The molecule has 24 heavy (non-hydrogen) atoms. The van der Waals surface area contributed by atoms with E-state index in [1.165, 1.54) is 10.5 Å². The highest BCUT2D eigenvalue weighted by Crippen LogP contribution is 2.18. The van der Waals surface area contributed by atoms with Crippen LogP contribution in [-0.4, -0.2) is 4.98 Å². The number of rotatable bonds is 6. The summed E-state index contributed by atoms with van der Waals surface area (Å²) in [4.78, 5) is 5.53. The molecule has 1 aromatic heterocycles. The van der Waals surface area contributed by atoms with Crippen LogP contribution in [0.4, 0.5) is 0 Å². The first-order valence-corrected chi connectivity index (χ1v) is 8.78. The zero-order chi connectivity index (χ0) is 17.2. The maximum Gasteiger partial charge on any atom is 0.0448 e. The summed E-state index contributed by atoms with van der Waals surface area (Å²) in [5.74, 6) is 6.22. The van der Waals surface area contributed by atoms with Crippen LogP contribution in [0.5, 0.6) is 0 Å². The second-order valence-corrected chi connectivity index (χ2v) is 6.13. The predicted octanol–water partition coefficient (Wildman–Crippen LogP) is 5.15. The zero-order valence-corrected chi connectivity index (χ0v) is 15.0. The van der Waals surface area contributed by atoms with E-state index in [1.54, 1.807) is 18.0 Å². The highest BCUT2D eigenvalue weighted by atomic mass is 32.2. The fourth-order valence-electron chi connectivity index (χ4n) is 2.17. The Labute approximate surface area is 149 Å². The Kier molecular flexibility index (Phi) is 7.35. The first-order valence-electron chi connectivity index (χ1n) is 7.96. The average Bonchev–Trinajstić information content (AvgIpc) is 2.60. The standard InChI is InChI=1S/C21H22N2S/c1-4-6-8-18-10-12-20(13-11-18)24-23-16-19-14-15-22-17(3)21(19)9-7-5-2/h5,7,9-15,23H,2,4,16H2,1,3H3/b9-7-. The Bertz CT molecular complexity index is 765. The van der Waals surface area contributed by atoms with Crippen LogP contribution in [-0.2, 0) is 6.54 Å². The van der Waals surface area contributed by atoms with E-state index in [1.807, 2.05) is 25.3 Å². The molecule has 1 N–H and O–H groups in total. The lowest BCUT2D eigenvalue weighted by Gasteiger charge is -2.09. The Balaban J connectivity index is 1.98. The van der Waals surface area contributed by atoms with Crippen LogP contribution >= 0.6 is 11.9 Å². The molecule has 122 valence electrons. The maximum absolute atomic E-state index is 4.36. The third kappa shape index (κ3) is 5.42. The lowest BCUT2D eigenvalue weighted by Crippen LogP contribution is -2.06. The van der Waals surface area contributed by atoms with E-state index >= 15 is 0 Å². The van der Waals surface area contributed by atoms with Crippen molar-refractivity contribution < 1.29 is 0 Å². The maximum atomic E-state index is 4.36. The number of benzene rings is 1.